The second-order valence-corrected chi connectivity index (χ2v) is 8.28. The van der Waals surface area contributed by atoms with Gasteiger partial charge in [0.15, 0.2) is 0 Å². The molecule has 2 aromatic carbocycles. The molecule has 0 aliphatic heterocycles. The fraction of sp³-hybridized carbons (Fsp3) is 0.545. The van der Waals surface area contributed by atoms with Crippen molar-refractivity contribution < 1.29 is 15.3 Å². The van der Waals surface area contributed by atoms with Crippen LogP contribution in [0.25, 0.3) is 10.8 Å². The third-order valence-corrected chi connectivity index (χ3v) is 6.51. The van der Waals surface area contributed by atoms with Gasteiger partial charge in [-0.2, -0.15) is 0 Å². The molecular weight excluding hydrogens is 477 g/mol. The summed E-state index contributed by atoms with van der Waals surface area (Å²) in [6.45, 7) is 9.03. The molecule has 4 nitrogen and oxygen atoms in total. The Labute approximate surface area is 189 Å². The summed E-state index contributed by atoms with van der Waals surface area (Å²) in [6, 6.07) is 13.3. The first-order chi connectivity index (χ1) is 13.4. The van der Waals surface area contributed by atoms with Crippen LogP contribution in [0, 0.1) is 0 Å². The fourth-order valence-corrected chi connectivity index (χ4v) is 4.95. The van der Waals surface area contributed by atoms with Gasteiger partial charge in [-0.3, -0.25) is 0 Å². The van der Waals surface area contributed by atoms with Crippen molar-refractivity contribution >= 4 is 45.1 Å². The van der Waals surface area contributed by atoms with Crippen molar-refractivity contribution in [3.8, 4) is 0 Å². The van der Waals surface area contributed by atoms with Gasteiger partial charge in [-0.05, 0) is 0 Å². The Morgan fingerprint density at radius 3 is 1.61 bits per heavy atom. The van der Waals surface area contributed by atoms with Gasteiger partial charge in [-0.15, -0.1) is 19.8 Å². The van der Waals surface area contributed by atoms with Crippen LogP contribution < -0.4 is 21.1 Å². The molecule has 28 heavy (non-hydrogen) atoms. The maximum atomic E-state index is 8.93. The third-order valence-electron chi connectivity index (χ3n) is 3.34. The number of nitrogens with two attached hydrogens (primary N) is 1. The van der Waals surface area contributed by atoms with E-state index in [-0.39, 0.29) is 25.9 Å². The molecule has 2 aromatic rings. The number of benzene rings is 2. The van der Waals surface area contributed by atoms with Crippen LogP contribution in [0.5, 0.6) is 0 Å². The monoisotopic (exact) mass is 513 g/mol. The SMILES string of the molecule is CCSC([CH2][Sn+3])c1cc2ccccc2cc1C(C)N.CC[O-].CC[O-].CC[O-]. The largest absolute Gasteiger partial charge is 0.855 e. The van der Waals surface area contributed by atoms with Crippen molar-refractivity contribution in [3.05, 3.63) is 47.5 Å². The topological polar surface area (TPSA) is 95.2 Å². The van der Waals surface area contributed by atoms with Gasteiger partial charge in [-0.1, -0.05) is 20.8 Å². The molecular formula is C22H35NO3SSn. The summed E-state index contributed by atoms with van der Waals surface area (Å²) in [4.78, 5) is 0. The maximum Gasteiger partial charge on any atom is -0.0809 e. The normalized spacial score (nSPS) is 11.8. The minimum atomic E-state index is 0. The summed E-state index contributed by atoms with van der Waals surface area (Å²) in [5, 5.41) is 30.0. The smallest absolute Gasteiger partial charge is 0.0809 e. The summed E-state index contributed by atoms with van der Waals surface area (Å²) >= 11 is 3.63. The molecule has 0 aliphatic rings. The molecule has 2 atom stereocenters. The molecule has 0 aliphatic carbocycles. The summed E-state index contributed by atoms with van der Waals surface area (Å²) in [6.07, 6.45) is 0. The molecule has 0 fully saturated rings. The minimum Gasteiger partial charge on any atom is -0.855 e. The number of fused-ring (bicyclic) bond motifs is 1. The van der Waals surface area contributed by atoms with E-state index in [2.05, 4.69) is 50.2 Å². The van der Waals surface area contributed by atoms with Crippen molar-refractivity contribution in [2.24, 2.45) is 5.73 Å². The van der Waals surface area contributed by atoms with Gasteiger partial charge >= 0.3 is 134 Å². The number of rotatable bonds is 5. The Balaban J connectivity index is 0. The quantitative estimate of drug-likeness (QED) is 0.621. The van der Waals surface area contributed by atoms with Gasteiger partial charge < -0.3 is 15.3 Å². The Morgan fingerprint density at radius 2 is 1.29 bits per heavy atom. The maximum absolute atomic E-state index is 8.93. The summed E-state index contributed by atoms with van der Waals surface area (Å²) in [5.41, 5.74) is 8.95. The van der Waals surface area contributed by atoms with Crippen molar-refractivity contribution in [1.29, 1.82) is 0 Å². The second kappa shape index (κ2) is 20.0. The molecule has 0 bridgehead atoms. The van der Waals surface area contributed by atoms with E-state index in [0.717, 1.165) is 5.75 Å². The Kier molecular flexibility index (Phi) is 21.3. The molecule has 0 radical (unpaired) electrons. The summed E-state index contributed by atoms with van der Waals surface area (Å²) < 4.78 is 1.24. The van der Waals surface area contributed by atoms with Crippen molar-refractivity contribution in [1.82, 2.24) is 0 Å². The third kappa shape index (κ3) is 12.3. The van der Waals surface area contributed by atoms with Crippen LogP contribution in [0.2, 0.25) is 4.44 Å². The second-order valence-electron chi connectivity index (χ2n) is 5.63. The van der Waals surface area contributed by atoms with Crippen LogP contribution in [0.1, 0.15) is 57.0 Å². The zero-order valence-electron chi connectivity index (χ0n) is 17.9. The summed E-state index contributed by atoms with van der Waals surface area (Å²) in [5.74, 6) is 1.16. The average molecular weight is 512 g/mol. The van der Waals surface area contributed by atoms with E-state index >= 15 is 0 Å². The van der Waals surface area contributed by atoms with Gasteiger partial charge in [0, 0.05) is 0 Å². The standard InChI is InChI=1S/C16H20NS.3C2H5O.Sn/c1-4-18-12(3)16-10-14-8-6-5-7-13(14)9-15(16)11(2)17;3*1-2-3;/h5-12H,3-4,17H2,1-2H3;3*2H2,1H3;/q;3*-1;+3. The van der Waals surface area contributed by atoms with Crippen molar-refractivity contribution in [3.63, 3.8) is 0 Å². The molecule has 2 unspecified atom stereocenters. The van der Waals surface area contributed by atoms with E-state index < -0.39 is 0 Å². The predicted octanol–water partition coefficient (Wildman–Crippen LogP) is 2.34. The van der Waals surface area contributed by atoms with E-state index in [1.807, 2.05) is 11.8 Å². The van der Waals surface area contributed by atoms with Gasteiger partial charge in [0.1, 0.15) is 0 Å². The first-order valence-corrected chi connectivity index (χ1v) is 12.8. The van der Waals surface area contributed by atoms with Crippen LogP contribution >= 0.6 is 11.8 Å². The number of thioether (sulfide) groups is 1. The zero-order chi connectivity index (χ0) is 21.9. The fourth-order valence-electron chi connectivity index (χ4n) is 2.41. The molecule has 0 saturated heterocycles. The van der Waals surface area contributed by atoms with E-state index in [9.17, 15) is 0 Å². The van der Waals surface area contributed by atoms with Gasteiger partial charge in [0.05, 0.1) is 0 Å². The molecule has 0 aromatic heterocycles. The van der Waals surface area contributed by atoms with E-state index in [1.54, 1.807) is 43.3 Å². The Morgan fingerprint density at radius 1 is 0.893 bits per heavy atom. The molecule has 0 amide bonds. The van der Waals surface area contributed by atoms with Crippen LogP contribution in [0.3, 0.4) is 0 Å². The first kappa shape index (κ1) is 29.9. The molecule has 156 valence electrons. The average Bonchev–Trinajstić information content (AvgIpc) is 2.67. The van der Waals surface area contributed by atoms with Crippen molar-refractivity contribution in [2.75, 3.05) is 25.6 Å². The van der Waals surface area contributed by atoms with Gasteiger partial charge in [0.2, 0.25) is 0 Å². The zero-order valence-corrected chi connectivity index (χ0v) is 21.5. The Hall–Kier alpha value is -0.311. The van der Waals surface area contributed by atoms with Crippen molar-refractivity contribution in [2.45, 2.75) is 50.3 Å². The first-order valence-electron chi connectivity index (χ1n) is 9.70. The van der Waals surface area contributed by atoms with Gasteiger partial charge in [0.25, 0.3) is 0 Å². The Bertz CT molecular complexity index is 607. The molecule has 6 heteroatoms. The minimum absolute atomic E-state index is 0. The van der Waals surface area contributed by atoms with Crippen LogP contribution in [-0.4, -0.2) is 48.1 Å². The molecule has 0 spiro atoms. The molecule has 2 rings (SSSR count). The molecule has 0 heterocycles. The van der Waals surface area contributed by atoms with E-state index in [0.29, 0.717) is 5.25 Å². The van der Waals surface area contributed by atoms with Crippen LogP contribution in [0.4, 0.5) is 0 Å². The van der Waals surface area contributed by atoms with Crippen LogP contribution in [-0.2, 0) is 0 Å². The molecule has 0 saturated carbocycles. The van der Waals surface area contributed by atoms with Crippen LogP contribution in [0.15, 0.2) is 36.4 Å². The molecule has 2 N–H and O–H groups in total. The van der Waals surface area contributed by atoms with E-state index in [4.69, 9.17) is 21.1 Å². The van der Waals surface area contributed by atoms with Gasteiger partial charge in [-0.25, -0.2) is 0 Å². The summed E-state index contributed by atoms with van der Waals surface area (Å²) in [7, 11) is 0. The van der Waals surface area contributed by atoms with E-state index in [1.165, 1.54) is 26.3 Å². The predicted molar refractivity (Wildman–Crippen MR) is 120 cm³/mol. The number of hydrogen-bond acceptors (Lipinski definition) is 5. The number of hydrogen-bond donors (Lipinski definition) is 1.